The van der Waals surface area contributed by atoms with Gasteiger partial charge in [-0.05, 0) is 32.1 Å². The van der Waals surface area contributed by atoms with E-state index in [9.17, 15) is 0 Å². The summed E-state index contributed by atoms with van der Waals surface area (Å²) in [5.74, 6) is 0. The van der Waals surface area contributed by atoms with Crippen LogP contribution in [0.25, 0.3) is 0 Å². The van der Waals surface area contributed by atoms with Crippen molar-refractivity contribution in [3.8, 4) is 6.07 Å². The molecule has 0 aliphatic carbocycles. The lowest BCUT2D eigenvalue weighted by Crippen LogP contribution is -2.48. The Labute approximate surface area is 79.8 Å². The molecule has 2 atom stereocenters. The number of hydrogen-bond donors (Lipinski definition) is 0. The Morgan fingerprint density at radius 3 is 3.08 bits per heavy atom. The normalized spacial score (nSPS) is 35.2. The Hall–Kier alpha value is -0.810. The molecule has 0 saturated carbocycles. The summed E-state index contributed by atoms with van der Waals surface area (Å²) < 4.78 is 0. The lowest BCUT2D eigenvalue weighted by molar-refractivity contribution is 0.0964. The van der Waals surface area contributed by atoms with E-state index in [2.05, 4.69) is 17.5 Å². The minimum atomic E-state index is 0.187. The van der Waals surface area contributed by atoms with E-state index >= 15 is 0 Å². The van der Waals surface area contributed by atoms with Gasteiger partial charge in [0.05, 0.1) is 12.1 Å². The second-order valence-electron chi connectivity index (χ2n) is 4.17. The minimum absolute atomic E-state index is 0.187. The smallest absolute Gasteiger partial charge is 0.0980 e. The number of piperidine rings is 2. The zero-order valence-electron chi connectivity index (χ0n) is 8.00. The van der Waals surface area contributed by atoms with Crippen molar-refractivity contribution in [1.82, 2.24) is 4.90 Å². The van der Waals surface area contributed by atoms with Crippen LogP contribution in [0, 0.1) is 11.3 Å². The van der Waals surface area contributed by atoms with Gasteiger partial charge in [0.15, 0.2) is 0 Å². The van der Waals surface area contributed by atoms with E-state index in [0.717, 1.165) is 25.8 Å². The molecule has 0 N–H and O–H groups in total. The third-order valence-electron chi connectivity index (χ3n) is 3.28. The summed E-state index contributed by atoms with van der Waals surface area (Å²) in [4.78, 5) is 2.39. The summed E-state index contributed by atoms with van der Waals surface area (Å²) in [5, 5.41) is 8.98. The first-order valence-corrected chi connectivity index (χ1v) is 5.13. The van der Waals surface area contributed by atoms with Crippen molar-refractivity contribution in [2.75, 3.05) is 6.54 Å². The molecule has 0 bridgehead atoms. The van der Waals surface area contributed by atoms with Crippen LogP contribution in [0.5, 0.6) is 0 Å². The molecule has 2 unspecified atom stereocenters. The predicted octanol–water partition coefficient (Wildman–Crippen LogP) is 2.08. The molecule has 2 fully saturated rings. The minimum Gasteiger partial charge on any atom is -0.284 e. The first-order chi connectivity index (χ1) is 6.31. The topological polar surface area (TPSA) is 27.0 Å². The van der Waals surface area contributed by atoms with E-state index in [1.165, 1.54) is 18.4 Å². The fourth-order valence-electron chi connectivity index (χ4n) is 2.55. The molecule has 0 spiro atoms. The second kappa shape index (κ2) is 3.51. The Kier molecular flexibility index (Phi) is 2.37. The van der Waals surface area contributed by atoms with Crippen LogP contribution in [0.1, 0.15) is 32.1 Å². The lowest BCUT2D eigenvalue weighted by Gasteiger charge is -2.42. The molecular weight excluding hydrogens is 160 g/mol. The third-order valence-corrected chi connectivity index (χ3v) is 3.28. The van der Waals surface area contributed by atoms with E-state index in [-0.39, 0.29) is 6.04 Å². The van der Waals surface area contributed by atoms with Gasteiger partial charge in [-0.2, -0.15) is 5.26 Å². The fraction of sp³-hybridized carbons (Fsp3) is 0.727. The van der Waals surface area contributed by atoms with Crippen LogP contribution in [-0.2, 0) is 0 Å². The molecule has 2 heterocycles. The average molecular weight is 176 g/mol. The molecular formula is C11H16N2. The molecule has 13 heavy (non-hydrogen) atoms. The molecule has 0 amide bonds. The van der Waals surface area contributed by atoms with E-state index < -0.39 is 0 Å². The van der Waals surface area contributed by atoms with Gasteiger partial charge in [-0.3, -0.25) is 4.90 Å². The highest BCUT2D eigenvalue weighted by Crippen LogP contribution is 2.31. The van der Waals surface area contributed by atoms with Crippen LogP contribution in [0.3, 0.4) is 0 Å². The summed E-state index contributed by atoms with van der Waals surface area (Å²) in [6.45, 7) is 5.10. The maximum atomic E-state index is 8.98. The van der Waals surface area contributed by atoms with Crippen LogP contribution in [0.15, 0.2) is 12.2 Å². The van der Waals surface area contributed by atoms with Gasteiger partial charge in [0.2, 0.25) is 0 Å². The van der Waals surface area contributed by atoms with Gasteiger partial charge in [0.25, 0.3) is 0 Å². The molecule has 2 rings (SSSR count). The van der Waals surface area contributed by atoms with Gasteiger partial charge in [-0.15, -0.1) is 0 Å². The number of fused-ring (bicyclic) bond motifs is 1. The molecule has 2 aliphatic heterocycles. The SMILES string of the molecule is C=C1CCN2C(C#N)CCCC2C1. The first-order valence-electron chi connectivity index (χ1n) is 5.13. The molecule has 2 aliphatic rings. The zero-order chi connectivity index (χ0) is 9.26. The van der Waals surface area contributed by atoms with Crippen molar-refractivity contribution in [2.24, 2.45) is 0 Å². The van der Waals surface area contributed by atoms with Gasteiger partial charge < -0.3 is 0 Å². The van der Waals surface area contributed by atoms with Crippen LogP contribution < -0.4 is 0 Å². The van der Waals surface area contributed by atoms with Crippen LogP contribution in [-0.4, -0.2) is 23.5 Å². The standard InChI is InChI=1S/C11H16N2/c1-9-5-6-13-10(7-9)3-2-4-11(13)8-12/h10-11H,1-7H2. The summed E-state index contributed by atoms with van der Waals surface area (Å²) in [5.41, 5.74) is 1.37. The maximum absolute atomic E-state index is 8.98. The number of nitrogens with zero attached hydrogens (tertiary/aromatic N) is 2. The Morgan fingerprint density at radius 1 is 1.46 bits per heavy atom. The highest BCUT2D eigenvalue weighted by molar-refractivity contribution is 5.08. The highest BCUT2D eigenvalue weighted by atomic mass is 15.2. The first kappa shape index (κ1) is 8.77. The molecule has 0 aromatic heterocycles. The van der Waals surface area contributed by atoms with Crippen LogP contribution in [0.2, 0.25) is 0 Å². The molecule has 2 nitrogen and oxygen atoms in total. The summed E-state index contributed by atoms with van der Waals surface area (Å²) in [7, 11) is 0. The van der Waals surface area contributed by atoms with Gasteiger partial charge >= 0.3 is 0 Å². The fourth-order valence-corrected chi connectivity index (χ4v) is 2.55. The monoisotopic (exact) mass is 176 g/mol. The van der Waals surface area contributed by atoms with Crippen molar-refractivity contribution in [3.05, 3.63) is 12.2 Å². The second-order valence-corrected chi connectivity index (χ2v) is 4.17. The van der Waals surface area contributed by atoms with Gasteiger partial charge in [0.1, 0.15) is 0 Å². The van der Waals surface area contributed by atoms with Crippen LogP contribution in [0.4, 0.5) is 0 Å². The van der Waals surface area contributed by atoms with Crippen molar-refractivity contribution in [3.63, 3.8) is 0 Å². The molecule has 70 valence electrons. The predicted molar refractivity (Wildman–Crippen MR) is 52.1 cm³/mol. The molecule has 0 aromatic rings. The number of hydrogen-bond acceptors (Lipinski definition) is 2. The lowest BCUT2D eigenvalue weighted by atomic mass is 9.87. The van der Waals surface area contributed by atoms with Gasteiger partial charge in [-0.25, -0.2) is 0 Å². The summed E-state index contributed by atoms with van der Waals surface area (Å²) >= 11 is 0. The van der Waals surface area contributed by atoms with Crippen molar-refractivity contribution in [2.45, 2.75) is 44.2 Å². The Morgan fingerprint density at radius 2 is 2.31 bits per heavy atom. The van der Waals surface area contributed by atoms with E-state index in [0.29, 0.717) is 6.04 Å². The van der Waals surface area contributed by atoms with Crippen molar-refractivity contribution in [1.29, 1.82) is 5.26 Å². The number of rotatable bonds is 0. The van der Waals surface area contributed by atoms with E-state index in [4.69, 9.17) is 5.26 Å². The van der Waals surface area contributed by atoms with Crippen molar-refractivity contribution < 1.29 is 0 Å². The summed E-state index contributed by atoms with van der Waals surface area (Å²) in [6.07, 6.45) is 5.76. The largest absolute Gasteiger partial charge is 0.284 e. The molecule has 2 heteroatoms. The number of nitriles is 1. The zero-order valence-corrected chi connectivity index (χ0v) is 8.00. The quantitative estimate of drug-likeness (QED) is 0.528. The van der Waals surface area contributed by atoms with E-state index in [1.807, 2.05) is 0 Å². The van der Waals surface area contributed by atoms with Gasteiger partial charge in [-0.1, -0.05) is 12.2 Å². The third kappa shape index (κ3) is 1.62. The molecule has 0 aromatic carbocycles. The maximum Gasteiger partial charge on any atom is 0.0980 e. The molecule has 2 saturated heterocycles. The highest BCUT2D eigenvalue weighted by Gasteiger charge is 2.32. The molecule has 0 radical (unpaired) electrons. The Balaban J connectivity index is 2.08. The van der Waals surface area contributed by atoms with Gasteiger partial charge in [0, 0.05) is 12.6 Å². The van der Waals surface area contributed by atoms with E-state index in [1.54, 1.807) is 0 Å². The Bertz CT molecular complexity index is 251. The summed E-state index contributed by atoms with van der Waals surface area (Å²) in [6, 6.07) is 3.23. The van der Waals surface area contributed by atoms with Crippen LogP contribution >= 0.6 is 0 Å². The average Bonchev–Trinajstić information content (AvgIpc) is 2.16. The van der Waals surface area contributed by atoms with Crippen molar-refractivity contribution >= 4 is 0 Å².